The lowest BCUT2D eigenvalue weighted by molar-refractivity contribution is 0.0281. The van der Waals surface area contributed by atoms with E-state index >= 15 is 0 Å². The summed E-state index contributed by atoms with van der Waals surface area (Å²) in [4.78, 5) is 11.9. The number of carbonyl (C=O) groups is 1. The standard InChI is InChI=1S/C12H18N4O2/c13-7-1-6(2-8(14)3-7)12(17)18-11-5-9(15)4-10(11)16/h1-3,9-11H,4-5,13-16H2/t9-,10+,11+/m1/s1. The fraction of sp³-hybridized carbons (Fsp3) is 0.417. The van der Waals surface area contributed by atoms with Crippen LogP contribution in [0.2, 0.25) is 0 Å². The molecular weight excluding hydrogens is 232 g/mol. The van der Waals surface area contributed by atoms with Gasteiger partial charge in [-0.1, -0.05) is 0 Å². The Kier molecular flexibility index (Phi) is 3.40. The second-order valence-electron chi connectivity index (χ2n) is 4.73. The summed E-state index contributed by atoms with van der Waals surface area (Å²) in [5, 5.41) is 0. The fourth-order valence-corrected chi connectivity index (χ4v) is 2.21. The van der Waals surface area contributed by atoms with Crippen LogP contribution in [0.3, 0.4) is 0 Å². The van der Waals surface area contributed by atoms with Gasteiger partial charge in [-0.25, -0.2) is 4.79 Å². The summed E-state index contributed by atoms with van der Waals surface area (Å²) < 4.78 is 5.34. The minimum absolute atomic E-state index is 0.0105. The number of nitrogen functional groups attached to an aromatic ring is 2. The van der Waals surface area contributed by atoms with Gasteiger partial charge in [-0.2, -0.15) is 0 Å². The first kappa shape index (κ1) is 12.7. The van der Waals surface area contributed by atoms with Gasteiger partial charge in [-0.15, -0.1) is 0 Å². The highest BCUT2D eigenvalue weighted by Gasteiger charge is 2.32. The summed E-state index contributed by atoms with van der Waals surface area (Å²) in [5.74, 6) is -0.469. The van der Waals surface area contributed by atoms with Crippen LogP contribution >= 0.6 is 0 Å². The molecule has 1 aromatic rings. The molecule has 98 valence electrons. The summed E-state index contributed by atoms with van der Waals surface area (Å²) in [7, 11) is 0. The van der Waals surface area contributed by atoms with Crippen LogP contribution < -0.4 is 22.9 Å². The van der Waals surface area contributed by atoms with E-state index in [1.165, 1.54) is 12.1 Å². The number of nitrogens with two attached hydrogens (primary N) is 4. The maximum Gasteiger partial charge on any atom is 0.338 e. The van der Waals surface area contributed by atoms with E-state index in [-0.39, 0.29) is 18.2 Å². The Morgan fingerprint density at radius 2 is 1.72 bits per heavy atom. The number of anilines is 2. The highest BCUT2D eigenvalue weighted by molar-refractivity contribution is 5.91. The Morgan fingerprint density at radius 1 is 1.11 bits per heavy atom. The van der Waals surface area contributed by atoms with Crippen LogP contribution in [0.25, 0.3) is 0 Å². The smallest absolute Gasteiger partial charge is 0.338 e. The summed E-state index contributed by atoms with van der Waals surface area (Å²) in [6.45, 7) is 0. The third-order valence-corrected chi connectivity index (χ3v) is 3.06. The Morgan fingerprint density at radius 3 is 2.22 bits per heavy atom. The maximum atomic E-state index is 11.9. The molecule has 3 atom stereocenters. The zero-order chi connectivity index (χ0) is 13.3. The van der Waals surface area contributed by atoms with Crippen molar-refractivity contribution in [1.29, 1.82) is 0 Å². The number of carbonyl (C=O) groups excluding carboxylic acids is 1. The Hall–Kier alpha value is -1.79. The SMILES string of the molecule is Nc1cc(N)cc(C(=O)O[C@H]2C[C@H](N)C[C@@H]2N)c1. The van der Waals surface area contributed by atoms with Crippen molar-refractivity contribution in [2.24, 2.45) is 11.5 Å². The second-order valence-corrected chi connectivity index (χ2v) is 4.73. The van der Waals surface area contributed by atoms with E-state index in [9.17, 15) is 4.79 Å². The number of rotatable bonds is 2. The van der Waals surface area contributed by atoms with Gasteiger partial charge in [-0.05, 0) is 24.6 Å². The monoisotopic (exact) mass is 250 g/mol. The van der Waals surface area contributed by atoms with Crippen molar-refractivity contribution < 1.29 is 9.53 Å². The van der Waals surface area contributed by atoms with E-state index in [4.69, 9.17) is 27.7 Å². The minimum Gasteiger partial charge on any atom is -0.457 e. The van der Waals surface area contributed by atoms with Crippen LogP contribution in [0.15, 0.2) is 18.2 Å². The molecule has 6 heteroatoms. The first-order chi connectivity index (χ1) is 8.45. The average molecular weight is 250 g/mol. The zero-order valence-electron chi connectivity index (χ0n) is 10.0. The highest BCUT2D eigenvalue weighted by atomic mass is 16.5. The molecule has 1 fully saturated rings. The van der Waals surface area contributed by atoms with E-state index in [2.05, 4.69) is 0 Å². The van der Waals surface area contributed by atoms with Gasteiger partial charge in [-0.3, -0.25) is 0 Å². The fourth-order valence-electron chi connectivity index (χ4n) is 2.21. The first-order valence-corrected chi connectivity index (χ1v) is 5.84. The molecule has 1 saturated carbocycles. The lowest BCUT2D eigenvalue weighted by atomic mass is 10.1. The van der Waals surface area contributed by atoms with Crippen LogP contribution in [0, 0.1) is 0 Å². The number of benzene rings is 1. The number of esters is 1. The Labute approximate surface area is 105 Å². The molecular formula is C12H18N4O2. The number of hydrogen-bond acceptors (Lipinski definition) is 6. The molecule has 6 nitrogen and oxygen atoms in total. The molecule has 0 aromatic heterocycles. The maximum absolute atomic E-state index is 11.9. The molecule has 0 unspecified atom stereocenters. The molecule has 2 rings (SSSR count). The Balaban J connectivity index is 2.08. The molecule has 8 N–H and O–H groups in total. The van der Waals surface area contributed by atoms with Crippen molar-refractivity contribution in [2.75, 3.05) is 11.5 Å². The van der Waals surface area contributed by atoms with Gasteiger partial charge in [0.2, 0.25) is 0 Å². The van der Waals surface area contributed by atoms with Crippen molar-refractivity contribution in [3.05, 3.63) is 23.8 Å². The summed E-state index contributed by atoms with van der Waals surface area (Å²) in [6.07, 6.45) is 0.914. The molecule has 18 heavy (non-hydrogen) atoms. The van der Waals surface area contributed by atoms with E-state index in [1.54, 1.807) is 6.07 Å². The van der Waals surface area contributed by atoms with Crippen molar-refractivity contribution in [3.8, 4) is 0 Å². The normalized spacial score (nSPS) is 27.1. The van der Waals surface area contributed by atoms with Crippen molar-refractivity contribution in [1.82, 2.24) is 0 Å². The zero-order valence-corrected chi connectivity index (χ0v) is 10.0. The van der Waals surface area contributed by atoms with E-state index in [1.807, 2.05) is 0 Å². The molecule has 0 radical (unpaired) electrons. The molecule has 0 aliphatic heterocycles. The van der Waals surface area contributed by atoms with Gasteiger partial charge >= 0.3 is 5.97 Å². The van der Waals surface area contributed by atoms with Gasteiger partial charge in [0.1, 0.15) is 6.10 Å². The molecule has 0 heterocycles. The van der Waals surface area contributed by atoms with E-state index in [0.717, 1.165) is 0 Å². The molecule has 0 amide bonds. The van der Waals surface area contributed by atoms with Crippen molar-refractivity contribution in [3.63, 3.8) is 0 Å². The summed E-state index contributed by atoms with van der Waals surface area (Å²) in [6, 6.07) is 4.41. The van der Waals surface area contributed by atoms with E-state index in [0.29, 0.717) is 29.8 Å². The van der Waals surface area contributed by atoms with E-state index < -0.39 is 5.97 Å². The van der Waals surface area contributed by atoms with Crippen molar-refractivity contribution >= 4 is 17.3 Å². The lowest BCUT2D eigenvalue weighted by Crippen LogP contribution is -2.33. The third-order valence-electron chi connectivity index (χ3n) is 3.06. The van der Waals surface area contributed by atoms with Crippen LogP contribution in [-0.2, 0) is 4.74 Å². The molecule has 1 aliphatic rings. The van der Waals surface area contributed by atoms with Crippen molar-refractivity contribution in [2.45, 2.75) is 31.0 Å². The topological polar surface area (TPSA) is 130 Å². The number of ether oxygens (including phenoxy) is 1. The van der Waals surface area contributed by atoms with Crippen LogP contribution in [-0.4, -0.2) is 24.2 Å². The summed E-state index contributed by atoms with van der Waals surface area (Å²) >= 11 is 0. The van der Waals surface area contributed by atoms with Gasteiger partial charge in [0.25, 0.3) is 0 Å². The largest absolute Gasteiger partial charge is 0.457 e. The average Bonchev–Trinajstić information content (AvgIpc) is 2.56. The quantitative estimate of drug-likeness (QED) is 0.425. The number of hydrogen-bond donors (Lipinski definition) is 4. The Bertz CT molecular complexity index is 443. The van der Waals surface area contributed by atoms with Gasteiger partial charge in [0, 0.05) is 29.9 Å². The van der Waals surface area contributed by atoms with Crippen LogP contribution in [0.5, 0.6) is 0 Å². The predicted molar refractivity (Wildman–Crippen MR) is 69.7 cm³/mol. The summed E-state index contributed by atoms with van der Waals surface area (Å²) in [5.41, 5.74) is 24.0. The lowest BCUT2D eigenvalue weighted by Gasteiger charge is -2.16. The molecule has 1 aliphatic carbocycles. The van der Waals surface area contributed by atoms with Gasteiger partial charge in [0.05, 0.1) is 5.56 Å². The second kappa shape index (κ2) is 4.83. The molecule has 0 spiro atoms. The van der Waals surface area contributed by atoms with Gasteiger partial charge < -0.3 is 27.7 Å². The van der Waals surface area contributed by atoms with Crippen LogP contribution in [0.4, 0.5) is 11.4 Å². The first-order valence-electron chi connectivity index (χ1n) is 5.84. The molecule has 0 saturated heterocycles. The highest BCUT2D eigenvalue weighted by Crippen LogP contribution is 2.22. The van der Waals surface area contributed by atoms with Gasteiger partial charge in [0.15, 0.2) is 0 Å². The molecule has 0 bridgehead atoms. The molecule has 1 aromatic carbocycles. The van der Waals surface area contributed by atoms with Crippen LogP contribution in [0.1, 0.15) is 23.2 Å². The minimum atomic E-state index is -0.469. The predicted octanol–water partition coefficient (Wildman–Crippen LogP) is -0.175. The third kappa shape index (κ3) is 2.72.